The van der Waals surface area contributed by atoms with Crippen LogP contribution in [0.4, 0.5) is 0 Å². The van der Waals surface area contributed by atoms with E-state index in [0.717, 1.165) is 37.0 Å². The summed E-state index contributed by atoms with van der Waals surface area (Å²) in [5, 5.41) is 0. The molecule has 0 radical (unpaired) electrons. The van der Waals surface area contributed by atoms with E-state index in [-0.39, 0.29) is 18.0 Å². The van der Waals surface area contributed by atoms with Gasteiger partial charge in [-0.1, -0.05) is 18.2 Å². The fraction of sp³-hybridized carbons (Fsp3) is 0.588. The highest BCUT2D eigenvalue weighted by Crippen LogP contribution is 2.41. The van der Waals surface area contributed by atoms with Gasteiger partial charge in [-0.2, -0.15) is 0 Å². The molecule has 2 atom stereocenters. The third-order valence-corrected chi connectivity index (χ3v) is 4.40. The SMILES string of the molecule is CCOc1ccccc1C1C(N)CCCC(=O)N1C1CC1. The third-order valence-electron chi connectivity index (χ3n) is 4.40. The molecule has 2 unspecified atom stereocenters. The van der Waals surface area contributed by atoms with E-state index in [4.69, 9.17) is 10.5 Å². The minimum Gasteiger partial charge on any atom is -0.494 e. The molecule has 4 heteroatoms. The number of amides is 1. The molecule has 3 rings (SSSR count). The van der Waals surface area contributed by atoms with Crippen molar-refractivity contribution < 1.29 is 9.53 Å². The molecule has 2 N–H and O–H groups in total. The van der Waals surface area contributed by atoms with Crippen LogP contribution >= 0.6 is 0 Å². The largest absolute Gasteiger partial charge is 0.494 e. The van der Waals surface area contributed by atoms with E-state index < -0.39 is 0 Å². The molecule has 1 aromatic carbocycles. The normalized spacial score (nSPS) is 26.6. The summed E-state index contributed by atoms with van der Waals surface area (Å²) in [5.41, 5.74) is 7.51. The zero-order chi connectivity index (χ0) is 14.8. The molecule has 2 aliphatic rings. The molecule has 4 nitrogen and oxygen atoms in total. The number of hydrogen-bond acceptors (Lipinski definition) is 3. The summed E-state index contributed by atoms with van der Waals surface area (Å²) in [6.45, 7) is 2.60. The van der Waals surface area contributed by atoms with E-state index in [1.165, 1.54) is 0 Å². The first-order valence-corrected chi connectivity index (χ1v) is 8.01. The monoisotopic (exact) mass is 288 g/mol. The van der Waals surface area contributed by atoms with Crippen molar-refractivity contribution in [3.8, 4) is 5.75 Å². The van der Waals surface area contributed by atoms with Crippen molar-refractivity contribution in [2.24, 2.45) is 5.73 Å². The average Bonchev–Trinajstić information content (AvgIpc) is 3.29. The van der Waals surface area contributed by atoms with Gasteiger partial charge in [0.1, 0.15) is 5.75 Å². The van der Waals surface area contributed by atoms with Gasteiger partial charge in [-0.15, -0.1) is 0 Å². The minimum atomic E-state index is -0.0461. The predicted octanol–water partition coefficient (Wildman–Crippen LogP) is 2.63. The van der Waals surface area contributed by atoms with Crippen LogP contribution in [0.5, 0.6) is 5.75 Å². The summed E-state index contributed by atoms with van der Waals surface area (Å²) in [6.07, 6.45) is 4.60. The lowest BCUT2D eigenvalue weighted by atomic mass is 9.95. The van der Waals surface area contributed by atoms with Crippen LogP contribution in [0.3, 0.4) is 0 Å². The number of para-hydroxylation sites is 1. The summed E-state index contributed by atoms with van der Waals surface area (Å²) in [5.74, 6) is 1.11. The number of likely N-dealkylation sites (tertiary alicyclic amines) is 1. The number of carbonyl (C=O) groups excluding carboxylic acids is 1. The quantitative estimate of drug-likeness (QED) is 0.926. The van der Waals surface area contributed by atoms with E-state index in [0.29, 0.717) is 19.1 Å². The van der Waals surface area contributed by atoms with Crippen LogP contribution in [0.25, 0.3) is 0 Å². The van der Waals surface area contributed by atoms with Crippen LogP contribution in [0.15, 0.2) is 24.3 Å². The highest BCUT2D eigenvalue weighted by Gasteiger charge is 2.42. The second-order valence-corrected chi connectivity index (χ2v) is 6.00. The van der Waals surface area contributed by atoms with Crippen LogP contribution in [0.1, 0.15) is 50.6 Å². The summed E-state index contributed by atoms with van der Waals surface area (Å²) in [6, 6.07) is 8.33. The molecule has 1 aliphatic carbocycles. The Morgan fingerprint density at radius 3 is 2.76 bits per heavy atom. The van der Waals surface area contributed by atoms with E-state index in [1.54, 1.807) is 0 Å². The Labute approximate surface area is 126 Å². The summed E-state index contributed by atoms with van der Waals surface area (Å²) in [7, 11) is 0. The molecule has 0 spiro atoms. The Kier molecular flexibility index (Phi) is 4.15. The number of nitrogens with two attached hydrogens (primary N) is 1. The number of carbonyl (C=O) groups is 1. The Bertz CT molecular complexity index is 513. The smallest absolute Gasteiger partial charge is 0.223 e. The molecule has 1 amide bonds. The lowest BCUT2D eigenvalue weighted by molar-refractivity contribution is -0.134. The van der Waals surface area contributed by atoms with Crippen LogP contribution < -0.4 is 10.5 Å². The highest BCUT2D eigenvalue weighted by molar-refractivity contribution is 5.78. The summed E-state index contributed by atoms with van der Waals surface area (Å²) in [4.78, 5) is 14.6. The van der Waals surface area contributed by atoms with Crippen molar-refractivity contribution in [3.05, 3.63) is 29.8 Å². The van der Waals surface area contributed by atoms with E-state index in [9.17, 15) is 4.79 Å². The van der Waals surface area contributed by atoms with Crippen molar-refractivity contribution in [1.82, 2.24) is 4.90 Å². The van der Waals surface area contributed by atoms with Crippen LogP contribution in [0.2, 0.25) is 0 Å². The topological polar surface area (TPSA) is 55.6 Å². The van der Waals surface area contributed by atoms with Crippen LogP contribution in [0, 0.1) is 0 Å². The Hall–Kier alpha value is -1.55. The van der Waals surface area contributed by atoms with Gasteiger partial charge < -0.3 is 15.4 Å². The standard InChI is InChI=1S/C17H24N2O2/c1-2-21-15-8-4-3-6-13(15)17-14(18)7-5-9-16(20)19(17)12-10-11-12/h3-4,6,8,12,14,17H,2,5,7,9-11,18H2,1H3. The average molecular weight is 288 g/mol. The maximum atomic E-state index is 12.5. The van der Waals surface area contributed by atoms with Gasteiger partial charge in [0.05, 0.1) is 12.6 Å². The zero-order valence-electron chi connectivity index (χ0n) is 12.6. The van der Waals surface area contributed by atoms with Gasteiger partial charge >= 0.3 is 0 Å². The zero-order valence-corrected chi connectivity index (χ0v) is 12.6. The highest BCUT2D eigenvalue weighted by atomic mass is 16.5. The van der Waals surface area contributed by atoms with Gasteiger partial charge in [0.2, 0.25) is 5.91 Å². The van der Waals surface area contributed by atoms with Gasteiger partial charge in [0.15, 0.2) is 0 Å². The van der Waals surface area contributed by atoms with Gasteiger partial charge in [-0.05, 0) is 38.7 Å². The number of benzene rings is 1. The van der Waals surface area contributed by atoms with Gasteiger partial charge in [0.25, 0.3) is 0 Å². The van der Waals surface area contributed by atoms with Crippen molar-refractivity contribution in [2.45, 2.75) is 57.2 Å². The third kappa shape index (κ3) is 2.91. The van der Waals surface area contributed by atoms with Crippen molar-refractivity contribution >= 4 is 5.91 Å². The van der Waals surface area contributed by atoms with Crippen LogP contribution in [-0.2, 0) is 4.79 Å². The van der Waals surface area contributed by atoms with Crippen molar-refractivity contribution in [3.63, 3.8) is 0 Å². The number of hydrogen-bond donors (Lipinski definition) is 1. The van der Waals surface area contributed by atoms with E-state index >= 15 is 0 Å². The first-order valence-electron chi connectivity index (χ1n) is 8.01. The van der Waals surface area contributed by atoms with Gasteiger partial charge in [0, 0.05) is 24.1 Å². The lowest BCUT2D eigenvalue weighted by Gasteiger charge is -2.35. The molecule has 0 bridgehead atoms. The minimum absolute atomic E-state index is 0.0151. The molecule has 0 aromatic heterocycles. The Morgan fingerprint density at radius 1 is 1.29 bits per heavy atom. The molecule has 21 heavy (non-hydrogen) atoms. The number of rotatable bonds is 4. The summed E-state index contributed by atoms with van der Waals surface area (Å²) >= 11 is 0. The second-order valence-electron chi connectivity index (χ2n) is 6.00. The second kappa shape index (κ2) is 6.06. The number of nitrogens with zero attached hydrogens (tertiary/aromatic N) is 1. The first kappa shape index (κ1) is 14.4. The Morgan fingerprint density at radius 2 is 2.05 bits per heavy atom. The maximum absolute atomic E-state index is 12.5. The van der Waals surface area contributed by atoms with Gasteiger partial charge in [-0.25, -0.2) is 0 Å². The Balaban J connectivity index is 2.00. The van der Waals surface area contributed by atoms with Gasteiger partial charge in [-0.3, -0.25) is 4.79 Å². The van der Waals surface area contributed by atoms with E-state index in [1.807, 2.05) is 25.1 Å². The molecule has 1 saturated carbocycles. The fourth-order valence-electron chi connectivity index (χ4n) is 3.31. The molecule has 1 aromatic rings. The maximum Gasteiger partial charge on any atom is 0.223 e. The number of ether oxygens (including phenoxy) is 1. The molecular weight excluding hydrogens is 264 g/mol. The summed E-state index contributed by atoms with van der Waals surface area (Å²) < 4.78 is 5.77. The molecular formula is C17H24N2O2. The van der Waals surface area contributed by atoms with Crippen molar-refractivity contribution in [2.75, 3.05) is 6.61 Å². The molecule has 1 heterocycles. The molecule has 114 valence electrons. The molecule has 2 fully saturated rings. The molecule has 1 saturated heterocycles. The first-order chi connectivity index (χ1) is 10.2. The van der Waals surface area contributed by atoms with Crippen molar-refractivity contribution in [1.29, 1.82) is 0 Å². The van der Waals surface area contributed by atoms with Crippen LogP contribution in [-0.4, -0.2) is 29.5 Å². The van der Waals surface area contributed by atoms with E-state index in [2.05, 4.69) is 11.0 Å². The molecule has 1 aliphatic heterocycles. The fourth-order valence-corrected chi connectivity index (χ4v) is 3.31. The predicted molar refractivity (Wildman–Crippen MR) is 82.0 cm³/mol. The lowest BCUT2D eigenvalue weighted by Crippen LogP contribution is -2.43.